The lowest BCUT2D eigenvalue weighted by atomic mass is 10.2. The van der Waals surface area contributed by atoms with Crippen molar-refractivity contribution in [1.82, 2.24) is 29.2 Å². The zero-order valence-electron chi connectivity index (χ0n) is 14.1. The van der Waals surface area contributed by atoms with Crippen LogP contribution in [0.1, 0.15) is 39.8 Å². The first-order valence-corrected chi connectivity index (χ1v) is 8.76. The molecule has 1 aliphatic heterocycles. The highest BCUT2D eigenvalue weighted by Gasteiger charge is 2.27. The molecule has 2 aromatic heterocycles. The molecule has 0 aromatic carbocycles. The van der Waals surface area contributed by atoms with E-state index in [-0.39, 0.29) is 5.91 Å². The summed E-state index contributed by atoms with van der Waals surface area (Å²) in [4.78, 5) is 17.0. The molecule has 0 bridgehead atoms. The van der Waals surface area contributed by atoms with Crippen LogP contribution >= 0.6 is 11.5 Å². The molecule has 1 amide bonds. The highest BCUT2D eigenvalue weighted by atomic mass is 32.1. The maximum atomic E-state index is 12.7. The van der Waals surface area contributed by atoms with Crippen LogP contribution in [-0.2, 0) is 19.5 Å². The first-order valence-electron chi connectivity index (χ1n) is 7.99. The third-order valence-corrected chi connectivity index (χ3v) is 4.82. The number of rotatable bonds is 5. The summed E-state index contributed by atoms with van der Waals surface area (Å²) >= 11 is 1.15. The Morgan fingerprint density at radius 2 is 2.25 bits per heavy atom. The minimum absolute atomic E-state index is 0.0234. The zero-order valence-corrected chi connectivity index (χ0v) is 15.0. The summed E-state index contributed by atoms with van der Waals surface area (Å²) in [6, 6.07) is 1.89. The molecule has 0 saturated carbocycles. The zero-order chi connectivity index (χ0) is 17.3. The Balaban J connectivity index is 1.75. The van der Waals surface area contributed by atoms with Gasteiger partial charge in [-0.3, -0.25) is 9.48 Å². The lowest BCUT2D eigenvalue weighted by Crippen LogP contribution is -2.38. The second-order valence-corrected chi connectivity index (χ2v) is 6.94. The van der Waals surface area contributed by atoms with Crippen LogP contribution in [0.4, 0.5) is 0 Å². The number of hydrogen-bond donors (Lipinski definition) is 1. The van der Waals surface area contributed by atoms with Crippen molar-refractivity contribution in [2.24, 2.45) is 0 Å². The van der Waals surface area contributed by atoms with Crippen molar-refractivity contribution >= 4 is 17.4 Å². The van der Waals surface area contributed by atoms with Gasteiger partial charge in [0.05, 0.1) is 30.2 Å². The number of aliphatic hydroxyl groups excluding tert-OH is 1. The van der Waals surface area contributed by atoms with Crippen molar-refractivity contribution < 1.29 is 9.90 Å². The summed E-state index contributed by atoms with van der Waals surface area (Å²) in [5.74, 6) is -0.0234. The Morgan fingerprint density at radius 1 is 1.46 bits per heavy atom. The number of aliphatic hydroxyl groups is 1. The van der Waals surface area contributed by atoms with E-state index in [4.69, 9.17) is 0 Å². The average Bonchev–Trinajstić information content (AvgIpc) is 3.19. The van der Waals surface area contributed by atoms with E-state index in [1.54, 1.807) is 4.90 Å². The standard InChI is InChI=1S/C15H22N6O2S/c1-4-11-14(24-18-16-11)15(23)20-5-6-21-10(8-20)7-12(17-21)13(22)9-19(2)3/h7,13,22H,4-6,8-9H2,1-3H3/t13-/m1/s1. The smallest absolute Gasteiger partial charge is 0.267 e. The average molecular weight is 350 g/mol. The van der Waals surface area contributed by atoms with Crippen LogP contribution in [0.5, 0.6) is 0 Å². The fourth-order valence-corrected chi connectivity index (χ4v) is 3.53. The number of nitrogens with zero attached hydrogens (tertiary/aromatic N) is 6. The van der Waals surface area contributed by atoms with E-state index in [0.29, 0.717) is 43.2 Å². The molecule has 0 aliphatic carbocycles. The lowest BCUT2D eigenvalue weighted by Gasteiger charge is -2.27. The van der Waals surface area contributed by atoms with Crippen molar-refractivity contribution in [2.75, 3.05) is 27.2 Å². The van der Waals surface area contributed by atoms with Crippen LogP contribution in [0.2, 0.25) is 0 Å². The number of aryl methyl sites for hydroxylation is 1. The number of fused-ring (bicyclic) bond motifs is 1. The first-order chi connectivity index (χ1) is 11.5. The Labute approximate surface area is 144 Å². The highest BCUT2D eigenvalue weighted by molar-refractivity contribution is 7.08. The highest BCUT2D eigenvalue weighted by Crippen LogP contribution is 2.22. The molecule has 3 heterocycles. The molecule has 24 heavy (non-hydrogen) atoms. The molecule has 0 unspecified atom stereocenters. The SMILES string of the molecule is CCc1nnsc1C(=O)N1CCn2nc([C@H](O)CN(C)C)cc2C1. The maximum Gasteiger partial charge on any atom is 0.267 e. The van der Waals surface area contributed by atoms with Crippen LogP contribution in [0.25, 0.3) is 0 Å². The number of aromatic nitrogens is 4. The van der Waals surface area contributed by atoms with E-state index in [2.05, 4.69) is 14.7 Å². The van der Waals surface area contributed by atoms with Crippen molar-refractivity contribution in [1.29, 1.82) is 0 Å². The third-order valence-electron chi connectivity index (χ3n) is 4.07. The molecule has 3 rings (SSSR count). The van der Waals surface area contributed by atoms with Crippen molar-refractivity contribution in [2.45, 2.75) is 32.5 Å². The summed E-state index contributed by atoms with van der Waals surface area (Å²) in [5.41, 5.74) is 2.35. The number of amides is 1. The van der Waals surface area contributed by atoms with Gasteiger partial charge in [-0.2, -0.15) is 5.10 Å². The quantitative estimate of drug-likeness (QED) is 0.847. The molecule has 0 fully saturated rings. The monoisotopic (exact) mass is 350 g/mol. The van der Waals surface area contributed by atoms with Gasteiger partial charge in [-0.15, -0.1) is 5.10 Å². The topological polar surface area (TPSA) is 87.4 Å². The molecule has 1 aliphatic rings. The molecule has 1 atom stereocenters. The Bertz CT molecular complexity index is 725. The molecule has 2 aromatic rings. The van der Waals surface area contributed by atoms with Gasteiger partial charge < -0.3 is 14.9 Å². The Hall–Kier alpha value is -1.84. The number of carbonyl (C=O) groups is 1. The van der Waals surface area contributed by atoms with Crippen molar-refractivity contribution in [3.8, 4) is 0 Å². The second-order valence-electron chi connectivity index (χ2n) is 6.19. The largest absolute Gasteiger partial charge is 0.385 e. The number of likely N-dealkylation sites (N-methyl/N-ethyl adjacent to an activating group) is 1. The predicted molar refractivity (Wildman–Crippen MR) is 89.8 cm³/mol. The molecular formula is C15H22N6O2S. The molecule has 1 N–H and O–H groups in total. The van der Waals surface area contributed by atoms with Crippen LogP contribution < -0.4 is 0 Å². The van der Waals surface area contributed by atoms with Gasteiger partial charge in [0.1, 0.15) is 11.0 Å². The van der Waals surface area contributed by atoms with Gasteiger partial charge in [-0.05, 0) is 38.1 Å². The molecule has 0 saturated heterocycles. The number of hydrogen-bond acceptors (Lipinski definition) is 7. The van der Waals surface area contributed by atoms with Crippen LogP contribution in [-0.4, -0.2) is 67.4 Å². The van der Waals surface area contributed by atoms with E-state index >= 15 is 0 Å². The summed E-state index contributed by atoms with van der Waals surface area (Å²) in [6.07, 6.45) is 0.0733. The first kappa shape index (κ1) is 17.0. The van der Waals surface area contributed by atoms with Gasteiger partial charge >= 0.3 is 0 Å². The molecule has 0 radical (unpaired) electrons. The summed E-state index contributed by atoms with van der Waals surface area (Å²) < 4.78 is 5.78. The van der Waals surface area contributed by atoms with Crippen molar-refractivity contribution in [3.05, 3.63) is 28.0 Å². The molecule has 130 valence electrons. The Kier molecular flexibility index (Phi) is 4.93. The normalized spacial score (nSPS) is 15.6. The summed E-state index contributed by atoms with van der Waals surface area (Å²) in [5, 5.41) is 18.7. The minimum Gasteiger partial charge on any atom is -0.385 e. The van der Waals surface area contributed by atoms with E-state index < -0.39 is 6.10 Å². The van der Waals surface area contributed by atoms with Gasteiger partial charge in [0.2, 0.25) is 0 Å². The van der Waals surface area contributed by atoms with Crippen LogP contribution in [0, 0.1) is 0 Å². The summed E-state index contributed by atoms with van der Waals surface area (Å²) in [7, 11) is 3.82. The maximum absolute atomic E-state index is 12.7. The van der Waals surface area contributed by atoms with Crippen molar-refractivity contribution in [3.63, 3.8) is 0 Å². The third kappa shape index (κ3) is 3.33. The van der Waals surface area contributed by atoms with E-state index in [1.165, 1.54) is 0 Å². The Morgan fingerprint density at radius 3 is 2.96 bits per heavy atom. The van der Waals surface area contributed by atoms with E-state index in [0.717, 1.165) is 22.9 Å². The van der Waals surface area contributed by atoms with Gasteiger partial charge in [0.15, 0.2) is 0 Å². The lowest BCUT2D eigenvalue weighted by molar-refractivity contribution is 0.0709. The van der Waals surface area contributed by atoms with Gasteiger partial charge in [0, 0.05) is 13.1 Å². The molecule has 9 heteroatoms. The minimum atomic E-state index is -0.625. The summed E-state index contributed by atoms with van der Waals surface area (Å²) in [6.45, 7) is 4.20. The molecular weight excluding hydrogens is 328 g/mol. The van der Waals surface area contributed by atoms with E-state index in [9.17, 15) is 9.90 Å². The molecule has 8 nitrogen and oxygen atoms in total. The van der Waals surface area contributed by atoms with Gasteiger partial charge in [-0.25, -0.2) is 0 Å². The van der Waals surface area contributed by atoms with Crippen LogP contribution in [0.3, 0.4) is 0 Å². The van der Waals surface area contributed by atoms with E-state index in [1.807, 2.05) is 36.7 Å². The predicted octanol–water partition coefficient (Wildman–Crippen LogP) is 0.548. The van der Waals surface area contributed by atoms with Gasteiger partial charge in [-0.1, -0.05) is 11.4 Å². The van der Waals surface area contributed by atoms with Crippen LogP contribution in [0.15, 0.2) is 6.07 Å². The fourth-order valence-electron chi connectivity index (χ4n) is 2.81. The number of carbonyl (C=O) groups excluding carboxylic acids is 1. The van der Waals surface area contributed by atoms with Gasteiger partial charge in [0.25, 0.3) is 5.91 Å². The second kappa shape index (κ2) is 6.96. The molecule has 0 spiro atoms. The fraction of sp³-hybridized carbons (Fsp3) is 0.600.